The summed E-state index contributed by atoms with van der Waals surface area (Å²) >= 11 is 0. The van der Waals surface area contributed by atoms with Gasteiger partial charge in [0.15, 0.2) is 5.82 Å². The molecule has 0 aliphatic rings. The molecule has 8 nitrogen and oxygen atoms in total. The van der Waals surface area contributed by atoms with Crippen molar-refractivity contribution in [3.63, 3.8) is 0 Å². The Balaban J connectivity index is 1.98. The second-order valence-electron chi connectivity index (χ2n) is 4.86. The van der Waals surface area contributed by atoms with E-state index < -0.39 is 10.0 Å². The largest absolute Gasteiger partial charge is 0.497 e. The lowest BCUT2D eigenvalue weighted by molar-refractivity contribution is 0.197. The maximum Gasteiger partial charge on any atom is 0.263 e. The topological polar surface area (TPSA) is 102 Å². The molecular formula is C15H20N4O4S. The van der Waals surface area contributed by atoms with Crippen molar-refractivity contribution in [3.05, 3.63) is 36.4 Å². The van der Waals surface area contributed by atoms with Gasteiger partial charge in [0.1, 0.15) is 11.6 Å². The van der Waals surface area contributed by atoms with E-state index in [1.807, 2.05) is 0 Å². The van der Waals surface area contributed by atoms with E-state index >= 15 is 0 Å². The van der Waals surface area contributed by atoms with E-state index in [1.54, 1.807) is 31.4 Å². The average Bonchev–Trinajstić information content (AvgIpc) is 2.60. The van der Waals surface area contributed by atoms with Gasteiger partial charge < -0.3 is 14.8 Å². The summed E-state index contributed by atoms with van der Waals surface area (Å²) in [6.45, 7) is 1.35. The molecule has 130 valence electrons. The second-order valence-corrected chi connectivity index (χ2v) is 6.54. The summed E-state index contributed by atoms with van der Waals surface area (Å²) in [4.78, 5) is 0.117. The standard InChI is InChI=1S/C15H20N4O4S/c1-22-11-3-10-16-14-8-9-15(18-17-14)19-24(20,21)13-6-4-12(23-2)5-7-13/h4-9H,3,10-11H2,1-2H3,(H,16,17)(H,18,19). The molecule has 0 unspecified atom stereocenters. The van der Waals surface area contributed by atoms with E-state index in [1.165, 1.54) is 19.2 Å². The molecule has 0 fully saturated rings. The molecular weight excluding hydrogens is 332 g/mol. The normalized spacial score (nSPS) is 11.1. The minimum absolute atomic E-state index is 0.117. The Kier molecular flexibility index (Phi) is 6.33. The highest BCUT2D eigenvalue weighted by atomic mass is 32.2. The Morgan fingerprint density at radius 1 is 1.00 bits per heavy atom. The fourth-order valence-electron chi connectivity index (χ4n) is 1.87. The van der Waals surface area contributed by atoms with Gasteiger partial charge in [0.2, 0.25) is 0 Å². The van der Waals surface area contributed by atoms with Crippen LogP contribution in [-0.4, -0.2) is 46.0 Å². The zero-order valence-corrected chi connectivity index (χ0v) is 14.3. The maximum atomic E-state index is 12.3. The van der Waals surface area contributed by atoms with Crippen LogP contribution in [0, 0.1) is 0 Å². The number of hydrogen-bond acceptors (Lipinski definition) is 7. The molecule has 0 aliphatic carbocycles. The molecule has 2 aromatic rings. The highest BCUT2D eigenvalue weighted by Gasteiger charge is 2.15. The number of aromatic nitrogens is 2. The first-order valence-electron chi connectivity index (χ1n) is 7.28. The van der Waals surface area contributed by atoms with Crippen molar-refractivity contribution in [2.45, 2.75) is 11.3 Å². The first-order valence-corrected chi connectivity index (χ1v) is 8.77. The molecule has 0 radical (unpaired) electrons. The number of methoxy groups -OCH3 is 2. The molecule has 0 spiro atoms. The van der Waals surface area contributed by atoms with Crippen molar-refractivity contribution in [1.29, 1.82) is 0 Å². The van der Waals surface area contributed by atoms with E-state index in [4.69, 9.17) is 9.47 Å². The Bertz CT molecular complexity index is 733. The highest BCUT2D eigenvalue weighted by molar-refractivity contribution is 7.92. The monoisotopic (exact) mass is 352 g/mol. The number of nitrogens with one attached hydrogen (secondary N) is 2. The van der Waals surface area contributed by atoms with E-state index in [0.717, 1.165) is 6.42 Å². The number of sulfonamides is 1. The lowest BCUT2D eigenvalue weighted by Crippen LogP contribution is -2.14. The highest BCUT2D eigenvalue weighted by Crippen LogP contribution is 2.18. The minimum atomic E-state index is -3.72. The Labute approximate surface area is 141 Å². The quantitative estimate of drug-likeness (QED) is 0.663. The Morgan fingerprint density at radius 3 is 2.25 bits per heavy atom. The smallest absolute Gasteiger partial charge is 0.263 e. The van der Waals surface area contributed by atoms with E-state index in [9.17, 15) is 8.42 Å². The minimum Gasteiger partial charge on any atom is -0.497 e. The van der Waals surface area contributed by atoms with Crippen molar-refractivity contribution in [2.24, 2.45) is 0 Å². The van der Waals surface area contributed by atoms with Crippen LogP contribution in [-0.2, 0) is 14.8 Å². The van der Waals surface area contributed by atoms with Gasteiger partial charge in [0.25, 0.3) is 10.0 Å². The fraction of sp³-hybridized carbons (Fsp3) is 0.333. The lowest BCUT2D eigenvalue weighted by atomic mass is 10.3. The van der Waals surface area contributed by atoms with Gasteiger partial charge in [-0.3, -0.25) is 4.72 Å². The van der Waals surface area contributed by atoms with Gasteiger partial charge in [-0.05, 0) is 42.8 Å². The average molecular weight is 352 g/mol. The van der Waals surface area contributed by atoms with Gasteiger partial charge in [-0.2, -0.15) is 0 Å². The molecule has 0 saturated heterocycles. The van der Waals surface area contributed by atoms with E-state index in [-0.39, 0.29) is 10.7 Å². The van der Waals surface area contributed by atoms with Gasteiger partial charge >= 0.3 is 0 Å². The number of hydrogen-bond donors (Lipinski definition) is 2. The first kappa shape index (κ1) is 18.0. The number of benzene rings is 1. The van der Waals surface area contributed by atoms with Gasteiger partial charge in [-0.25, -0.2) is 8.42 Å². The number of rotatable bonds is 9. The van der Waals surface area contributed by atoms with Crippen molar-refractivity contribution in [3.8, 4) is 5.75 Å². The summed E-state index contributed by atoms with van der Waals surface area (Å²) in [7, 11) is -0.562. The van der Waals surface area contributed by atoms with Gasteiger partial charge in [-0.1, -0.05) is 0 Å². The summed E-state index contributed by atoms with van der Waals surface area (Å²) in [5.74, 6) is 1.30. The van der Waals surface area contributed by atoms with Crippen molar-refractivity contribution in [2.75, 3.05) is 37.4 Å². The third-order valence-corrected chi connectivity index (χ3v) is 4.48. The fourth-order valence-corrected chi connectivity index (χ4v) is 2.86. The van der Waals surface area contributed by atoms with Gasteiger partial charge in [-0.15, -0.1) is 10.2 Å². The lowest BCUT2D eigenvalue weighted by Gasteiger charge is -2.08. The predicted octanol–water partition coefficient (Wildman–Crippen LogP) is 1.73. The van der Waals surface area contributed by atoms with Crippen LogP contribution in [0.5, 0.6) is 5.75 Å². The van der Waals surface area contributed by atoms with Crippen LogP contribution in [0.15, 0.2) is 41.3 Å². The molecule has 0 amide bonds. The SMILES string of the molecule is COCCCNc1ccc(NS(=O)(=O)c2ccc(OC)cc2)nn1. The molecule has 1 aromatic heterocycles. The third kappa shape index (κ3) is 5.07. The third-order valence-electron chi connectivity index (χ3n) is 3.10. The van der Waals surface area contributed by atoms with Gasteiger partial charge in [0.05, 0.1) is 12.0 Å². The molecule has 0 saturated carbocycles. The van der Waals surface area contributed by atoms with Crippen molar-refractivity contribution >= 4 is 21.7 Å². The number of anilines is 2. The molecule has 1 heterocycles. The number of ether oxygens (including phenoxy) is 2. The molecule has 2 N–H and O–H groups in total. The maximum absolute atomic E-state index is 12.3. The van der Waals surface area contributed by atoms with Crippen molar-refractivity contribution in [1.82, 2.24) is 10.2 Å². The van der Waals surface area contributed by atoms with Crippen LogP contribution >= 0.6 is 0 Å². The van der Waals surface area contributed by atoms with Crippen LogP contribution < -0.4 is 14.8 Å². The van der Waals surface area contributed by atoms with Crippen LogP contribution in [0.1, 0.15) is 6.42 Å². The van der Waals surface area contributed by atoms with E-state index in [0.29, 0.717) is 24.7 Å². The molecule has 0 bridgehead atoms. The Morgan fingerprint density at radius 2 is 1.67 bits per heavy atom. The first-order chi connectivity index (χ1) is 11.5. The van der Waals surface area contributed by atoms with Crippen LogP contribution in [0.4, 0.5) is 11.6 Å². The van der Waals surface area contributed by atoms with Crippen LogP contribution in [0.3, 0.4) is 0 Å². The summed E-state index contributed by atoms with van der Waals surface area (Å²) < 4.78 is 36.9. The molecule has 9 heteroatoms. The van der Waals surface area contributed by atoms with Crippen LogP contribution in [0.25, 0.3) is 0 Å². The summed E-state index contributed by atoms with van der Waals surface area (Å²) in [6.07, 6.45) is 0.837. The zero-order chi connectivity index (χ0) is 17.4. The number of nitrogens with zero attached hydrogens (tertiary/aromatic N) is 2. The van der Waals surface area contributed by atoms with E-state index in [2.05, 4.69) is 20.2 Å². The van der Waals surface area contributed by atoms with Crippen LogP contribution in [0.2, 0.25) is 0 Å². The predicted molar refractivity (Wildman–Crippen MR) is 90.8 cm³/mol. The summed E-state index contributed by atoms with van der Waals surface area (Å²) in [6, 6.07) is 9.28. The van der Waals surface area contributed by atoms with Gasteiger partial charge in [0, 0.05) is 20.3 Å². The Hall–Kier alpha value is -2.39. The molecule has 24 heavy (non-hydrogen) atoms. The van der Waals surface area contributed by atoms with Crippen molar-refractivity contribution < 1.29 is 17.9 Å². The summed E-state index contributed by atoms with van der Waals surface area (Å²) in [5.41, 5.74) is 0. The molecule has 0 aliphatic heterocycles. The molecule has 1 aromatic carbocycles. The zero-order valence-electron chi connectivity index (χ0n) is 13.5. The summed E-state index contributed by atoms with van der Waals surface area (Å²) in [5, 5.41) is 10.9. The second kappa shape index (κ2) is 8.46. The molecule has 0 atom stereocenters. The molecule has 2 rings (SSSR count).